The van der Waals surface area contributed by atoms with Gasteiger partial charge in [0, 0.05) is 24.1 Å². The molecule has 0 bridgehead atoms. The Kier molecular flexibility index (Phi) is 8.49. The number of carbonyl (C=O) groups is 2. The second-order valence-electron chi connectivity index (χ2n) is 10.9. The highest BCUT2D eigenvalue weighted by molar-refractivity contribution is 6.32. The molecular weight excluding hydrogens is 522 g/mol. The molecule has 1 aromatic heterocycles. The van der Waals surface area contributed by atoms with E-state index in [1.807, 2.05) is 58.9 Å². The fourth-order valence-electron chi connectivity index (χ4n) is 4.60. The van der Waals surface area contributed by atoms with Gasteiger partial charge < -0.3 is 24.0 Å². The van der Waals surface area contributed by atoms with Crippen LogP contribution in [0.1, 0.15) is 71.0 Å². The van der Waals surface area contributed by atoms with Gasteiger partial charge in [0.05, 0.1) is 17.2 Å². The molecule has 0 spiro atoms. The smallest absolute Gasteiger partial charge is 0.410 e. The fourth-order valence-corrected chi connectivity index (χ4v) is 4.83. The first kappa shape index (κ1) is 28.4. The highest BCUT2D eigenvalue weighted by Crippen LogP contribution is 2.36. The summed E-state index contributed by atoms with van der Waals surface area (Å²) in [5.41, 5.74) is 2.69. The van der Waals surface area contributed by atoms with Gasteiger partial charge in [-0.05, 0) is 89.3 Å². The van der Waals surface area contributed by atoms with Crippen molar-refractivity contribution in [1.29, 1.82) is 0 Å². The predicted molar refractivity (Wildman–Crippen MR) is 147 cm³/mol. The van der Waals surface area contributed by atoms with Crippen LogP contribution in [0, 0.1) is 0 Å². The second kappa shape index (κ2) is 11.7. The lowest BCUT2D eigenvalue weighted by molar-refractivity contribution is -0.137. The van der Waals surface area contributed by atoms with Crippen LogP contribution in [0.15, 0.2) is 40.9 Å². The summed E-state index contributed by atoms with van der Waals surface area (Å²) in [6, 6.07) is 10.7. The number of amides is 1. The summed E-state index contributed by atoms with van der Waals surface area (Å²) in [5.74, 6) is 0.415. The molecule has 10 heteroatoms. The Bertz CT molecular complexity index is 1350. The highest BCUT2D eigenvalue weighted by Gasteiger charge is 2.33. The van der Waals surface area contributed by atoms with Crippen molar-refractivity contribution in [2.45, 2.75) is 78.0 Å². The molecular formula is C29H34ClN3O6. The average Bonchev–Trinajstić information content (AvgIpc) is 3.26. The normalized spacial score (nSPS) is 15.6. The maximum absolute atomic E-state index is 13.1. The lowest BCUT2D eigenvalue weighted by Gasteiger charge is -2.33. The summed E-state index contributed by atoms with van der Waals surface area (Å²) in [7, 11) is 0. The van der Waals surface area contributed by atoms with E-state index in [-0.39, 0.29) is 18.9 Å². The third-order valence-electron chi connectivity index (χ3n) is 6.21. The summed E-state index contributed by atoms with van der Waals surface area (Å²) < 4.78 is 16.9. The van der Waals surface area contributed by atoms with Gasteiger partial charge in [0.15, 0.2) is 0 Å². The number of aromatic nitrogens is 2. The summed E-state index contributed by atoms with van der Waals surface area (Å²) in [4.78, 5) is 30.7. The van der Waals surface area contributed by atoms with Gasteiger partial charge in [-0.1, -0.05) is 28.9 Å². The largest absolute Gasteiger partial charge is 0.489 e. The number of rotatable bonds is 7. The molecule has 1 amide bonds. The number of carboxylic acids is 1. The van der Waals surface area contributed by atoms with E-state index in [2.05, 4.69) is 10.1 Å². The third-order valence-corrected chi connectivity index (χ3v) is 6.50. The number of aliphatic carboxylic acids is 1. The van der Waals surface area contributed by atoms with E-state index < -0.39 is 23.7 Å². The standard InChI is InChI=1S/C29H34ClN3O6/c1-17(2)37-24-12-9-20(16-22(24)30)27-31-26(32-39-27)19-8-10-21-18(15-19)7-6-14-33(23(21)11-13-25(34)35)28(36)38-29(3,4)5/h8-10,12,15-17,23H,6-7,11,13-14H2,1-5H3,(H,34,35). The van der Waals surface area contributed by atoms with Crippen LogP contribution in [0.2, 0.25) is 5.02 Å². The predicted octanol–water partition coefficient (Wildman–Crippen LogP) is 6.93. The highest BCUT2D eigenvalue weighted by atomic mass is 35.5. The number of hydrogen-bond donors (Lipinski definition) is 1. The zero-order valence-corrected chi connectivity index (χ0v) is 23.6. The van der Waals surface area contributed by atoms with E-state index in [0.717, 1.165) is 16.7 Å². The Morgan fingerprint density at radius 3 is 2.59 bits per heavy atom. The van der Waals surface area contributed by atoms with Gasteiger partial charge in [-0.15, -0.1) is 0 Å². The van der Waals surface area contributed by atoms with Crippen molar-refractivity contribution in [3.63, 3.8) is 0 Å². The van der Waals surface area contributed by atoms with Crippen molar-refractivity contribution in [1.82, 2.24) is 15.0 Å². The number of fused-ring (bicyclic) bond motifs is 1. The van der Waals surface area contributed by atoms with E-state index in [4.69, 9.17) is 25.6 Å². The first-order valence-corrected chi connectivity index (χ1v) is 13.4. The minimum absolute atomic E-state index is 0.00324. The number of carbonyl (C=O) groups excluding carboxylic acids is 1. The van der Waals surface area contributed by atoms with Crippen LogP contribution in [-0.2, 0) is 16.0 Å². The summed E-state index contributed by atoms with van der Waals surface area (Å²) in [5, 5.41) is 14.0. The number of ether oxygens (including phenoxy) is 2. The first-order valence-electron chi connectivity index (χ1n) is 13.1. The molecule has 4 rings (SSSR count). The van der Waals surface area contributed by atoms with Gasteiger partial charge in [-0.25, -0.2) is 4.79 Å². The van der Waals surface area contributed by atoms with Crippen LogP contribution in [0.3, 0.4) is 0 Å². The van der Waals surface area contributed by atoms with E-state index in [1.165, 1.54) is 0 Å². The van der Waals surface area contributed by atoms with Crippen LogP contribution in [-0.4, -0.2) is 50.5 Å². The van der Waals surface area contributed by atoms with Crippen molar-refractivity contribution in [3.8, 4) is 28.6 Å². The number of halogens is 1. The first-order chi connectivity index (χ1) is 18.4. The maximum Gasteiger partial charge on any atom is 0.410 e. The Balaban J connectivity index is 1.62. The van der Waals surface area contributed by atoms with E-state index in [0.29, 0.717) is 47.4 Å². The number of aryl methyl sites for hydroxylation is 1. The van der Waals surface area contributed by atoms with Crippen LogP contribution in [0.4, 0.5) is 4.79 Å². The SMILES string of the molecule is CC(C)Oc1ccc(-c2nc(-c3ccc4c(c3)CCCN(C(=O)OC(C)(C)C)C4CCC(=O)O)no2)cc1Cl. The zero-order valence-electron chi connectivity index (χ0n) is 22.9. The van der Waals surface area contributed by atoms with Crippen molar-refractivity contribution < 1.29 is 28.7 Å². The molecule has 208 valence electrons. The molecule has 1 N–H and O–H groups in total. The fraction of sp³-hybridized carbons (Fsp3) is 0.448. The van der Waals surface area contributed by atoms with Gasteiger partial charge in [0.1, 0.15) is 11.4 Å². The maximum atomic E-state index is 13.1. The summed E-state index contributed by atoms with van der Waals surface area (Å²) >= 11 is 6.38. The molecule has 9 nitrogen and oxygen atoms in total. The number of hydrogen-bond acceptors (Lipinski definition) is 7. The number of nitrogens with zero attached hydrogens (tertiary/aromatic N) is 3. The number of carboxylic acid groups (broad SMARTS) is 1. The Hall–Kier alpha value is -3.59. The molecule has 3 aromatic rings. The quantitative estimate of drug-likeness (QED) is 0.333. The second-order valence-corrected chi connectivity index (χ2v) is 11.3. The zero-order chi connectivity index (χ0) is 28.3. The Morgan fingerprint density at radius 1 is 1.18 bits per heavy atom. The van der Waals surface area contributed by atoms with E-state index in [1.54, 1.807) is 17.0 Å². The third kappa shape index (κ3) is 7.09. The van der Waals surface area contributed by atoms with E-state index >= 15 is 0 Å². The molecule has 0 fully saturated rings. The molecule has 0 saturated carbocycles. The number of benzene rings is 2. The van der Waals surface area contributed by atoms with Crippen LogP contribution in [0.5, 0.6) is 5.75 Å². The van der Waals surface area contributed by atoms with Gasteiger partial charge in [0.2, 0.25) is 5.82 Å². The molecule has 2 heterocycles. The lowest BCUT2D eigenvalue weighted by Crippen LogP contribution is -2.39. The molecule has 1 atom stereocenters. The summed E-state index contributed by atoms with van der Waals surface area (Å²) in [6.07, 6.45) is 1.19. The topological polar surface area (TPSA) is 115 Å². The molecule has 0 saturated heterocycles. The van der Waals surface area contributed by atoms with Crippen LogP contribution >= 0.6 is 11.6 Å². The Morgan fingerprint density at radius 2 is 1.92 bits per heavy atom. The van der Waals surface area contributed by atoms with Crippen molar-refractivity contribution in [2.75, 3.05) is 6.54 Å². The Labute approximate surface area is 233 Å². The monoisotopic (exact) mass is 555 g/mol. The summed E-state index contributed by atoms with van der Waals surface area (Å²) in [6.45, 7) is 9.77. The minimum Gasteiger partial charge on any atom is -0.489 e. The van der Waals surface area contributed by atoms with Gasteiger partial charge >= 0.3 is 12.1 Å². The molecule has 39 heavy (non-hydrogen) atoms. The van der Waals surface area contributed by atoms with Gasteiger partial charge in [-0.3, -0.25) is 4.79 Å². The van der Waals surface area contributed by atoms with E-state index in [9.17, 15) is 14.7 Å². The van der Waals surface area contributed by atoms with Gasteiger partial charge in [-0.2, -0.15) is 4.98 Å². The van der Waals surface area contributed by atoms with Crippen molar-refractivity contribution in [2.24, 2.45) is 0 Å². The molecule has 1 aliphatic heterocycles. The van der Waals surface area contributed by atoms with Gasteiger partial charge in [0.25, 0.3) is 5.89 Å². The molecule has 0 aliphatic carbocycles. The van der Waals surface area contributed by atoms with Crippen molar-refractivity contribution >= 4 is 23.7 Å². The molecule has 0 radical (unpaired) electrons. The average molecular weight is 556 g/mol. The van der Waals surface area contributed by atoms with Crippen LogP contribution < -0.4 is 4.74 Å². The molecule has 1 aliphatic rings. The van der Waals surface area contributed by atoms with Crippen LogP contribution in [0.25, 0.3) is 22.8 Å². The molecule has 1 unspecified atom stereocenters. The lowest BCUT2D eigenvalue weighted by atomic mass is 9.93. The minimum atomic E-state index is -0.912. The molecule has 2 aromatic carbocycles. The van der Waals surface area contributed by atoms with Crippen molar-refractivity contribution in [3.05, 3.63) is 52.5 Å².